The highest BCUT2D eigenvalue weighted by Crippen LogP contribution is 2.30. The van der Waals surface area contributed by atoms with E-state index in [9.17, 15) is 4.79 Å². The van der Waals surface area contributed by atoms with Gasteiger partial charge in [0, 0.05) is 6.42 Å². The quantitative estimate of drug-likeness (QED) is 0.276. The lowest BCUT2D eigenvalue weighted by molar-refractivity contribution is -0.137. The number of unbranched alkanes of at least 4 members (excludes halogenated alkanes) is 7. The molecule has 0 aromatic carbocycles. The van der Waals surface area contributed by atoms with Crippen LogP contribution in [0, 0.1) is 0 Å². The van der Waals surface area contributed by atoms with Crippen LogP contribution in [0.1, 0.15) is 84.0 Å². The molecule has 1 fully saturated rings. The minimum absolute atomic E-state index is 0.320. The Hall–Kier alpha value is -0.830. The standard InChI is InChI=1S/C18H32O3/c1-2-3-10-13-16-17(21-16)14-11-8-6-4-5-7-9-12-15-18(19)20/h8,11,16-17H,2-7,9-10,12-15H2,1H3,(H,19,20)/t16-,17+/m1/s1. The molecule has 1 saturated heterocycles. The second-order valence-corrected chi connectivity index (χ2v) is 6.12. The van der Waals surface area contributed by atoms with Crippen molar-refractivity contribution in [3.63, 3.8) is 0 Å². The lowest BCUT2D eigenvalue weighted by Gasteiger charge is -1.98. The molecule has 3 nitrogen and oxygen atoms in total. The van der Waals surface area contributed by atoms with Gasteiger partial charge in [-0.15, -0.1) is 0 Å². The Morgan fingerprint density at radius 1 is 1.00 bits per heavy atom. The lowest BCUT2D eigenvalue weighted by Crippen LogP contribution is -1.93. The number of hydrogen-bond acceptors (Lipinski definition) is 2. The molecule has 1 rings (SSSR count). The average molecular weight is 296 g/mol. The molecular weight excluding hydrogens is 264 g/mol. The summed E-state index contributed by atoms with van der Waals surface area (Å²) in [7, 11) is 0. The van der Waals surface area contributed by atoms with E-state index in [0.29, 0.717) is 18.6 Å². The summed E-state index contributed by atoms with van der Waals surface area (Å²) < 4.78 is 5.66. The van der Waals surface area contributed by atoms with Gasteiger partial charge in [-0.3, -0.25) is 4.79 Å². The highest BCUT2D eigenvalue weighted by Gasteiger charge is 2.36. The Morgan fingerprint density at radius 3 is 2.52 bits per heavy atom. The zero-order chi connectivity index (χ0) is 15.3. The third kappa shape index (κ3) is 10.5. The smallest absolute Gasteiger partial charge is 0.303 e. The van der Waals surface area contributed by atoms with Crippen LogP contribution in [-0.2, 0) is 9.53 Å². The number of aliphatic carboxylic acids is 1. The Bertz CT molecular complexity index is 299. The number of carbonyl (C=O) groups is 1. The molecule has 3 heteroatoms. The van der Waals surface area contributed by atoms with E-state index in [1.807, 2.05) is 0 Å². The molecular formula is C18H32O3. The van der Waals surface area contributed by atoms with Gasteiger partial charge in [-0.05, 0) is 32.1 Å². The Balaban J connectivity index is 1.81. The predicted molar refractivity (Wildman–Crippen MR) is 86.5 cm³/mol. The summed E-state index contributed by atoms with van der Waals surface area (Å²) in [6, 6.07) is 0. The first-order valence-electron chi connectivity index (χ1n) is 8.76. The Morgan fingerprint density at radius 2 is 1.76 bits per heavy atom. The average Bonchev–Trinajstić information content (AvgIpc) is 3.19. The van der Waals surface area contributed by atoms with Gasteiger partial charge in [-0.25, -0.2) is 0 Å². The van der Waals surface area contributed by atoms with Gasteiger partial charge in [0.05, 0.1) is 12.2 Å². The first kappa shape index (κ1) is 18.2. The summed E-state index contributed by atoms with van der Waals surface area (Å²) >= 11 is 0. The fourth-order valence-corrected chi connectivity index (χ4v) is 2.65. The van der Waals surface area contributed by atoms with Crippen LogP contribution in [0.15, 0.2) is 12.2 Å². The zero-order valence-electron chi connectivity index (χ0n) is 13.6. The largest absolute Gasteiger partial charge is 0.481 e. The molecule has 0 aliphatic carbocycles. The molecule has 0 saturated carbocycles. The number of ether oxygens (including phenoxy) is 1. The highest BCUT2D eigenvalue weighted by atomic mass is 16.6. The molecule has 21 heavy (non-hydrogen) atoms. The van der Waals surface area contributed by atoms with Gasteiger partial charge < -0.3 is 9.84 Å². The maximum Gasteiger partial charge on any atom is 0.303 e. The molecule has 0 aromatic heterocycles. The minimum atomic E-state index is -0.673. The summed E-state index contributed by atoms with van der Waals surface area (Å²) in [4.78, 5) is 10.3. The zero-order valence-corrected chi connectivity index (χ0v) is 13.6. The van der Waals surface area contributed by atoms with Crippen LogP contribution in [0.4, 0.5) is 0 Å². The molecule has 0 unspecified atom stereocenters. The molecule has 1 aliphatic heterocycles. The van der Waals surface area contributed by atoms with Crippen molar-refractivity contribution < 1.29 is 14.6 Å². The van der Waals surface area contributed by atoms with Crippen molar-refractivity contribution in [3.05, 3.63) is 12.2 Å². The van der Waals surface area contributed by atoms with Crippen molar-refractivity contribution in [2.75, 3.05) is 0 Å². The molecule has 0 spiro atoms. The molecule has 1 N–H and O–H groups in total. The number of carboxylic acid groups (broad SMARTS) is 1. The van der Waals surface area contributed by atoms with Crippen LogP contribution >= 0.6 is 0 Å². The monoisotopic (exact) mass is 296 g/mol. The third-order valence-electron chi connectivity index (χ3n) is 4.08. The van der Waals surface area contributed by atoms with Crippen LogP contribution in [0.5, 0.6) is 0 Å². The van der Waals surface area contributed by atoms with Gasteiger partial charge in [-0.2, -0.15) is 0 Å². The first-order valence-corrected chi connectivity index (χ1v) is 8.76. The van der Waals surface area contributed by atoms with E-state index in [1.54, 1.807) is 0 Å². The van der Waals surface area contributed by atoms with Crippen molar-refractivity contribution in [3.8, 4) is 0 Å². The summed E-state index contributed by atoms with van der Waals surface area (Å²) in [5.41, 5.74) is 0. The van der Waals surface area contributed by atoms with Gasteiger partial charge in [0.1, 0.15) is 0 Å². The number of epoxide rings is 1. The molecule has 0 radical (unpaired) electrons. The topological polar surface area (TPSA) is 49.8 Å². The van der Waals surface area contributed by atoms with Crippen molar-refractivity contribution in [2.24, 2.45) is 0 Å². The summed E-state index contributed by atoms with van der Waals surface area (Å²) in [5.74, 6) is -0.673. The van der Waals surface area contributed by atoms with Gasteiger partial charge >= 0.3 is 5.97 Å². The SMILES string of the molecule is CCCCC[C@H]1O[C@H]1CC=CCCCCCCCC(=O)O. The lowest BCUT2D eigenvalue weighted by atomic mass is 10.1. The van der Waals surface area contributed by atoms with Crippen LogP contribution in [0.3, 0.4) is 0 Å². The van der Waals surface area contributed by atoms with E-state index in [2.05, 4.69) is 19.1 Å². The van der Waals surface area contributed by atoms with E-state index < -0.39 is 5.97 Å². The van der Waals surface area contributed by atoms with Gasteiger partial charge in [0.25, 0.3) is 0 Å². The molecule has 0 aromatic rings. The van der Waals surface area contributed by atoms with E-state index in [4.69, 9.17) is 9.84 Å². The minimum Gasteiger partial charge on any atom is -0.481 e. The molecule has 122 valence electrons. The van der Waals surface area contributed by atoms with E-state index >= 15 is 0 Å². The van der Waals surface area contributed by atoms with Gasteiger partial charge in [-0.1, -0.05) is 57.6 Å². The second kappa shape index (κ2) is 11.8. The number of rotatable bonds is 14. The maximum atomic E-state index is 10.3. The highest BCUT2D eigenvalue weighted by molar-refractivity contribution is 5.66. The van der Waals surface area contributed by atoms with Crippen molar-refractivity contribution >= 4 is 5.97 Å². The van der Waals surface area contributed by atoms with Crippen LogP contribution in [-0.4, -0.2) is 23.3 Å². The Labute approximate surface area is 129 Å². The fourth-order valence-electron chi connectivity index (χ4n) is 2.65. The molecule has 1 heterocycles. The van der Waals surface area contributed by atoms with Crippen molar-refractivity contribution in [1.82, 2.24) is 0 Å². The summed E-state index contributed by atoms with van der Waals surface area (Å²) in [6.45, 7) is 2.24. The van der Waals surface area contributed by atoms with Crippen LogP contribution < -0.4 is 0 Å². The Kier molecular flexibility index (Phi) is 10.2. The predicted octanol–water partition coefficient (Wildman–Crippen LogP) is 5.10. The van der Waals surface area contributed by atoms with Crippen molar-refractivity contribution in [1.29, 1.82) is 0 Å². The van der Waals surface area contributed by atoms with E-state index in [0.717, 1.165) is 32.1 Å². The molecule has 1 aliphatic rings. The fraction of sp³-hybridized carbons (Fsp3) is 0.833. The summed E-state index contributed by atoms with van der Waals surface area (Å²) in [6.07, 6.45) is 18.7. The first-order chi connectivity index (χ1) is 10.2. The van der Waals surface area contributed by atoms with Gasteiger partial charge in [0.15, 0.2) is 0 Å². The van der Waals surface area contributed by atoms with Crippen molar-refractivity contribution in [2.45, 2.75) is 96.2 Å². The van der Waals surface area contributed by atoms with Crippen LogP contribution in [0.2, 0.25) is 0 Å². The van der Waals surface area contributed by atoms with E-state index in [-0.39, 0.29) is 0 Å². The van der Waals surface area contributed by atoms with Crippen LogP contribution in [0.25, 0.3) is 0 Å². The number of allylic oxidation sites excluding steroid dienone is 1. The molecule has 2 atom stereocenters. The molecule has 0 bridgehead atoms. The third-order valence-corrected chi connectivity index (χ3v) is 4.08. The second-order valence-electron chi connectivity index (χ2n) is 6.12. The summed E-state index contributed by atoms with van der Waals surface area (Å²) in [5, 5.41) is 8.52. The van der Waals surface area contributed by atoms with Gasteiger partial charge in [0.2, 0.25) is 0 Å². The number of carboxylic acids is 1. The number of hydrogen-bond donors (Lipinski definition) is 1. The normalized spacial score (nSPS) is 21.0. The van der Waals surface area contributed by atoms with E-state index in [1.165, 1.54) is 38.5 Å². The molecule has 0 amide bonds. The maximum absolute atomic E-state index is 10.3.